The van der Waals surface area contributed by atoms with Crippen molar-refractivity contribution in [2.45, 2.75) is 45.4 Å². The summed E-state index contributed by atoms with van der Waals surface area (Å²) in [5, 5.41) is 0. The molecule has 1 N–H and O–H groups in total. The smallest absolute Gasteiger partial charge is 0.254 e. The number of H-pyrrole nitrogens is 1. The molecule has 1 aromatic rings. The lowest BCUT2D eigenvalue weighted by atomic mass is 9.97. The molecule has 0 aromatic carbocycles. The van der Waals surface area contributed by atoms with Gasteiger partial charge in [-0.2, -0.15) is 0 Å². The zero-order valence-electron chi connectivity index (χ0n) is 8.76. The maximum atomic E-state index is 11.7. The van der Waals surface area contributed by atoms with Crippen molar-refractivity contribution in [2.75, 3.05) is 0 Å². The zero-order valence-corrected chi connectivity index (χ0v) is 8.76. The molecule has 0 amide bonds. The minimum absolute atomic E-state index is 0.0819. The number of rotatable bonds is 1. The van der Waals surface area contributed by atoms with Crippen LogP contribution in [0.3, 0.4) is 0 Å². The van der Waals surface area contributed by atoms with Gasteiger partial charge in [-0.3, -0.25) is 4.79 Å². The Labute approximate surface area is 83.6 Å². The van der Waals surface area contributed by atoms with Crippen LogP contribution < -0.4 is 5.56 Å². The molecular formula is C11H16N2O. The number of hydrogen-bond acceptors (Lipinski definition) is 2. The Morgan fingerprint density at radius 3 is 2.71 bits per heavy atom. The number of aryl methyl sites for hydroxylation is 1. The van der Waals surface area contributed by atoms with E-state index in [1.807, 2.05) is 13.8 Å². The molecule has 0 saturated carbocycles. The van der Waals surface area contributed by atoms with Gasteiger partial charge in [0.05, 0.1) is 5.69 Å². The predicted octanol–water partition coefficient (Wildman–Crippen LogP) is 1.77. The van der Waals surface area contributed by atoms with E-state index in [1.165, 1.54) is 6.42 Å². The van der Waals surface area contributed by atoms with Crippen LogP contribution in [0.1, 0.15) is 49.7 Å². The topological polar surface area (TPSA) is 45.8 Å². The van der Waals surface area contributed by atoms with E-state index < -0.39 is 0 Å². The first-order valence-corrected chi connectivity index (χ1v) is 5.30. The summed E-state index contributed by atoms with van der Waals surface area (Å²) in [6, 6.07) is 0. The summed E-state index contributed by atoms with van der Waals surface area (Å²) >= 11 is 0. The molecule has 76 valence electrons. The molecule has 2 rings (SSSR count). The summed E-state index contributed by atoms with van der Waals surface area (Å²) in [7, 11) is 0. The number of nitrogens with one attached hydrogen (secondary N) is 1. The van der Waals surface area contributed by atoms with Crippen molar-refractivity contribution in [1.29, 1.82) is 0 Å². The Hall–Kier alpha value is -1.12. The van der Waals surface area contributed by atoms with Crippen molar-refractivity contribution < 1.29 is 0 Å². The highest BCUT2D eigenvalue weighted by molar-refractivity contribution is 5.21. The Morgan fingerprint density at radius 1 is 1.29 bits per heavy atom. The summed E-state index contributed by atoms with van der Waals surface area (Å²) in [5.74, 6) is 1.13. The van der Waals surface area contributed by atoms with Crippen LogP contribution in [0.2, 0.25) is 0 Å². The van der Waals surface area contributed by atoms with Gasteiger partial charge < -0.3 is 4.98 Å². The number of fused-ring (bicyclic) bond motifs is 1. The van der Waals surface area contributed by atoms with Crippen LogP contribution in [0, 0.1) is 0 Å². The van der Waals surface area contributed by atoms with Crippen molar-refractivity contribution in [3.8, 4) is 0 Å². The van der Waals surface area contributed by atoms with Gasteiger partial charge in [0, 0.05) is 11.5 Å². The maximum absolute atomic E-state index is 11.7. The highest BCUT2D eigenvalue weighted by atomic mass is 16.1. The maximum Gasteiger partial charge on any atom is 0.254 e. The molecule has 0 saturated heterocycles. The van der Waals surface area contributed by atoms with Crippen LogP contribution in [-0.2, 0) is 12.8 Å². The third-order valence-electron chi connectivity index (χ3n) is 2.76. The van der Waals surface area contributed by atoms with Crippen LogP contribution in [-0.4, -0.2) is 9.97 Å². The van der Waals surface area contributed by atoms with E-state index in [2.05, 4.69) is 9.97 Å². The second kappa shape index (κ2) is 3.56. The molecule has 1 heterocycles. The summed E-state index contributed by atoms with van der Waals surface area (Å²) in [6.07, 6.45) is 4.16. The molecule has 3 heteroatoms. The first-order valence-electron chi connectivity index (χ1n) is 5.30. The summed E-state index contributed by atoms with van der Waals surface area (Å²) < 4.78 is 0. The lowest BCUT2D eigenvalue weighted by molar-refractivity contribution is 0.636. The molecule has 1 aliphatic carbocycles. The van der Waals surface area contributed by atoms with Crippen molar-refractivity contribution in [2.24, 2.45) is 0 Å². The first-order chi connectivity index (χ1) is 6.68. The van der Waals surface area contributed by atoms with Crippen LogP contribution in [0.5, 0.6) is 0 Å². The van der Waals surface area contributed by atoms with E-state index in [0.717, 1.165) is 36.3 Å². The minimum Gasteiger partial charge on any atom is -0.310 e. The Bertz CT molecular complexity index is 393. The summed E-state index contributed by atoms with van der Waals surface area (Å²) in [5.41, 5.74) is 2.03. The number of aromatic amines is 1. The molecule has 14 heavy (non-hydrogen) atoms. The summed E-state index contributed by atoms with van der Waals surface area (Å²) in [4.78, 5) is 19.1. The molecule has 0 aliphatic heterocycles. The van der Waals surface area contributed by atoms with Gasteiger partial charge in [0.15, 0.2) is 0 Å². The van der Waals surface area contributed by atoms with Gasteiger partial charge in [-0.25, -0.2) is 4.98 Å². The van der Waals surface area contributed by atoms with Crippen LogP contribution in [0.4, 0.5) is 0 Å². The lowest BCUT2D eigenvalue weighted by Gasteiger charge is -2.15. The van der Waals surface area contributed by atoms with Crippen molar-refractivity contribution >= 4 is 0 Å². The first kappa shape index (κ1) is 9.44. The van der Waals surface area contributed by atoms with E-state index >= 15 is 0 Å². The quantitative estimate of drug-likeness (QED) is 0.737. The Morgan fingerprint density at radius 2 is 2.00 bits per heavy atom. The predicted molar refractivity (Wildman–Crippen MR) is 55.6 cm³/mol. The molecule has 3 nitrogen and oxygen atoms in total. The van der Waals surface area contributed by atoms with Crippen molar-refractivity contribution in [3.63, 3.8) is 0 Å². The molecular weight excluding hydrogens is 176 g/mol. The van der Waals surface area contributed by atoms with Crippen LogP contribution >= 0.6 is 0 Å². The third-order valence-corrected chi connectivity index (χ3v) is 2.76. The lowest BCUT2D eigenvalue weighted by Crippen LogP contribution is -2.23. The SMILES string of the molecule is CC(C)c1nc2c(c(=O)[nH]1)CCCC2. The number of hydrogen-bond donors (Lipinski definition) is 1. The molecule has 1 aliphatic rings. The monoisotopic (exact) mass is 192 g/mol. The van der Waals surface area contributed by atoms with E-state index in [-0.39, 0.29) is 5.56 Å². The number of aromatic nitrogens is 2. The molecule has 1 aromatic heterocycles. The zero-order chi connectivity index (χ0) is 10.1. The third kappa shape index (κ3) is 1.59. The fourth-order valence-corrected chi connectivity index (χ4v) is 1.90. The molecule has 0 unspecified atom stereocenters. The van der Waals surface area contributed by atoms with Gasteiger partial charge in [-0.05, 0) is 25.7 Å². The van der Waals surface area contributed by atoms with Gasteiger partial charge >= 0.3 is 0 Å². The van der Waals surface area contributed by atoms with Crippen LogP contribution in [0.25, 0.3) is 0 Å². The number of nitrogens with zero attached hydrogens (tertiary/aromatic N) is 1. The fraction of sp³-hybridized carbons (Fsp3) is 0.636. The summed E-state index contributed by atoms with van der Waals surface area (Å²) in [6.45, 7) is 4.10. The van der Waals surface area contributed by atoms with E-state index in [4.69, 9.17) is 0 Å². The second-order valence-corrected chi connectivity index (χ2v) is 4.24. The minimum atomic E-state index is 0.0819. The highest BCUT2D eigenvalue weighted by Crippen LogP contribution is 2.17. The van der Waals surface area contributed by atoms with Gasteiger partial charge in [-0.1, -0.05) is 13.8 Å². The van der Waals surface area contributed by atoms with Gasteiger partial charge in [0.1, 0.15) is 5.82 Å². The fourth-order valence-electron chi connectivity index (χ4n) is 1.90. The van der Waals surface area contributed by atoms with E-state index in [1.54, 1.807) is 0 Å². The molecule has 0 spiro atoms. The highest BCUT2D eigenvalue weighted by Gasteiger charge is 2.16. The standard InChI is InChI=1S/C11H16N2O/c1-7(2)10-12-9-6-4-3-5-8(9)11(14)13-10/h7H,3-6H2,1-2H3,(H,12,13,14). The molecule has 0 fully saturated rings. The van der Waals surface area contributed by atoms with E-state index in [9.17, 15) is 4.79 Å². The Balaban J connectivity index is 2.52. The average molecular weight is 192 g/mol. The normalized spacial score (nSPS) is 15.6. The molecule has 0 bridgehead atoms. The van der Waals surface area contributed by atoms with Gasteiger partial charge in [0.2, 0.25) is 0 Å². The van der Waals surface area contributed by atoms with Crippen molar-refractivity contribution in [3.05, 3.63) is 27.4 Å². The van der Waals surface area contributed by atoms with Gasteiger partial charge in [-0.15, -0.1) is 0 Å². The molecule has 0 atom stereocenters. The Kier molecular flexibility index (Phi) is 2.40. The van der Waals surface area contributed by atoms with Crippen LogP contribution in [0.15, 0.2) is 4.79 Å². The largest absolute Gasteiger partial charge is 0.310 e. The molecule has 0 radical (unpaired) electrons. The van der Waals surface area contributed by atoms with Crippen molar-refractivity contribution in [1.82, 2.24) is 9.97 Å². The van der Waals surface area contributed by atoms with Gasteiger partial charge in [0.25, 0.3) is 5.56 Å². The second-order valence-electron chi connectivity index (χ2n) is 4.24. The average Bonchev–Trinajstić information content (AvgIpc) is 2.17. The van der Waals surface area contributed by atoms with E-state index in [0.29, 0.717) is 5.92 Å².